The molecule has 0 fully saturated rings. The van der Waals surface area contributed by atoms with Crippen LogP contribution in [0.3, 0.4) is 0 Å². The highest BCUT2D eigenvalue weighted by Crippen LogP contribution is 2.36. The Labute approximate surface area is 144 Å². The quantitative estimate of drug-likeness (QED) is 0.629. The standard InChI is InChI=1S/C19H17NO3S/c1-12-6-4-7-14(10-12)20-13(2)17(19(22)23-3)16(18(20)21)11-15-8-5-9-24-15/h4-11H,1-3H3/b16-11-. The van der Waals surface area contributed by atoms with Crippen LogP contribution in [0.25, 0.3) is 6.08 Å². The van der Waals surface area contributed by atoms with Crippen LogP contribution in [0.5, 0.6) is 0 Å². The summed E-state index contributed by atoms with van der Waals surface area (Å²) in [7, 11) is 1.32. The molecule has 2 aromatic rings. The van der Waals surface area contributed by atoms with E-state index in [2.05, 4.69) is 0 Å². The zero-order chi connectivity index (χ0) is 17.3. The predicted octanol–water partition coefficient (Wildman–Crippen LogP) is 3.93. The van der Waals surface area contributed by atoms with Crippen molar-refractivity contribution >= 4 is 35.0 Å². The SMILES string of the molecule is COC(=O)C1=C(C)N(c2cccc(C)c2)C(=O)/C1=C\c1cccs1. The van der Waals surface area contributed by atoms with E-state index in [-0.39, 0.29) is 5.91 Å². The zero-order valence-electron chi connectivity index (χ0n) is 13.7. The van der Waals surface area contributed by atoms with E-state index >= 15 is 0 Å². The van der Waals surface area contributed by atoms with Gasteiger partial charge in [-0.1, -0.05) is 18.2 Å². The molecule has 1 aromatic carbocycles. The van der Waals surface area contributed by atoms with E-state index in [4.69, 9.17) is 4.74 Å². The molecule has 1 aliphatic rings. The number of esters is 1. The number of carbonyl (C=O) groups is 2. The molecule has 0 saturated heterocycles. The molecule has 0 atom stereocenters. The molecular weight excluding hydrogens is 322 g/mol. The molecule has 0 radical (unpaired) electrons. The number of rotatable bonds is 3. The van der Waals surface area contributed by atoms with Gasteiger partial charge in [-0.2, -0.15) is 0 Å². The van der Waals surface area contributed by atoms with Crippen molar-refractivity contribution in [3.8, 4) is 0 Å². The fourth-order valence-corrected chi connectivity index (χ4v) is 3.43. The molecule has 0 saturated carbocycles. The first-order valence-corrected chi connectivity index (χ1v) is 8.36. The van der Waals surface area contributed by atoms with Gasteiger partial charge >= 0.3 is 5.97 Å². The molecule has 1 aromatic heterocycles. The van der Waals surface area contributed by atoms with Crippen molar-refractivity contribution in [3.63, 3.8) is 0 Å². The van der Waals surface area contributed by atoms with Crippen LogP contribution in [0.4, 0.5) is 5.69 Å². The minimum atomic E-state index is -0.501. The fourth-order valence-electron chi connectivity index (χ4n) is 2.77. The summed E-state index contributed by atoms with van der Waals surface area (Å²) in [6.07, 6.45) is 1.75. The van der Waals surface area contributed by atoms with Gasteiger partial charge in [0.2, 0.25) is 0 Å². The van der Waals surface area contributed by atoms with Crippen molar-refractivity contribution in [1.82, 2.24) is 0 Å². The van der Waals surface area contributed by atoms with E-state index in [1.807, 2.05) is 48.7 Å². The first-order chi connectivity index (χ1) is 11.5. The first-order valence-electron chi connectivity index (χ1n) is 7.49. The van der Waals surface area contributed by atoms with Crippen LogP contribution >= 0.6 is 11.3 Å². The molecule has 3 rings (SSSR count). The number of carbonyl (C=O) groups excluding carboxylic acids is 2. The highest BCUT2D eigenvalue weighted by molar-refractivity contribution is 7.10. The number of amides is 1. The van der Waals surface area contributed by atoms with Crippen LogP contribution in [-0.4, -0.2) is 19.0 Å². The average Bonchev–Trinajstić information content (AvgIpc) is 3.14. The Balaban J connectivity index is 2.15. The number of benzene rings is 1. The second-order valence-corrected chi connectivity index (χ2v) is 6.48. The number of hydrogen-bond acceptors (Lipinski definition) is 4. The summed E-state index contributed by atoms with van der Waals surface area (Å²) in [6.45, 7) is 3.73. The summed E-state index contributed by atoms with van der Waals surface area (Å²) < 4.78 is 4.90. The third kappa shape index (κ3) is 2.78. The van der Waals surface area contributed by atoms with Crippen molar-refractivity contribution in [3.05, 3.63) is 69.1 Å². The highest BCUT2D eigenvalue weighted by atomic mass is 32.1. The van der Waals surface area contributed by atoms with Crippen LogP contribution in [-0.2, 0) is 14.3 Å². The zero-order valence-corrected chi connectivity index (χ0v) is 14.5. The Morgan fingerprint density at radius 1 is 1.21 bits per heavy atom. The fraction of sp³-hybridized carbons (Fsp3) is 0.158. The topological polar surface area (TPSA) is 46.6 Å². The number of allylic oxidation sites excluding steroid dienone is 1. The maximum absolute atomic E-state index is 13.0. The third-order valence-corrected chi connectivity index (χ3v) is 4.70. The van der Waals surface area contributed by atoms with Gasteiger partial charge in [0.25, 0.3) is 5.91 Å². The normalized spacial score (nSPS) is 16.2. The summed E-state index contributed by atoms with van der Waals surface area (Å²) in [5.74, 6) is -0.717. The number of aryl methyl sites for hydroxylation is 1. The van der Waals surface area contributed by atoms with Crippen LogP contribution < -0.4 is 4.90 Å². The van der Waals surface area contributed by atoms with Crippen LogP contribution in [0.15, 0.2) is 58.6 Å². The lowest BCUT2D eigenvalue weighted by Gasteiger charge is -2.18. The number of anilines is 1. The molecular formula is C19H17NO3S. The van der Waals surface area contributed by atoms with Crippen molar-refractivity contribution < 1.29 is 14.3 Å². The lowest BCUT2D eigenvalue weighted by atomic mass is 10.1. The van der Waals surface area contributed by atoms with Crippen LogP contribution in [0.2, 0.25) is 0 Å². The molecule has 0 aliphatic carbocycles. The lowest BCUT2D eigenvalue weighted by molar-refractivity contribution is -0.136. The Kier molecular flexibility index (Phi) is 4.36. The van der Waals surface area contributed by atoms with Crippen molar-refractivity contribution in [2.24, 2.45) is 0 Å². The maximum Gasteiger partial charge on any atom is 0.340 e. The molecule has 1 aliphatic heterocycles. The molecule has 5 heteroatoms. The maximum atomic E-state index is 13.0. The first kappa shape index (κ1) is 16.2. The lowest BCUT2D eigenvalue weighted by Crippen LogP contribution is -2.24. The molecule has 122 valence electrons. The van der Waals surface area contributed by atoms with Crippen molar-refractivity contribution in [2.75, 3.05) is 12.0 Å². The molecule has 4 nitrogen and oxygen atoms in total. The number of ether oxygens (including phenoxy) is 1. The average molecular weight is 339 g/mol. The van der Waals surface area contributed by atoms with Gasteiger partial charge in [0.15, 0.2) is 0 Å². The molecule has 0 spiro atoms. The number of thiophene rings is 1. The van der Waals surface area contributed by atoms with E-state index in [9.17, 15) is 9.59 Å². The minimum Gasteiger partial charge on any atom is -0.465 e. The van der Waals surface area contributed by atoms with Gasteiger partial charge in [-0.3, -0.25) is 9.69 Å². The van der Waals surface area contributed by atoms with E-state index in [1.54, 1.807) is 17.9 Å². The van der Waals surface area contributed by atoms with Crippen molar-refractivity contribution in [2.45, 2.75) is 13.8 Å². The van der Waals surface area contributed by atoms with E-state index in [0.29, 0.717) is 16.8 Å². The molecule has 0 N–H and O–H groups in total. The van der Waals surface area contributed by atoms with Gasteiger partial charge in [-0.15, -0.1) is 11.3 Å². The monoisotopic (exact) mass is 339 g/mol. The van der Waals surface area contributed by atoms with Gasteiger partial charge in [-0.25, -0.2) is 4.79 Å². The van der Waals surface area contributed by atoms with Gasteiger partial charge in [-0.05, 0) is 49.1 Å². The number of nitrogens with zero attached hydrogens (tertiary/aromatic N) is 1. The van der Waals surface area contributed by atoms with Crippen LogP contribution in [0, 0.1) is 6.92 Å². The molecule has 0 bridgehead atoms. The second-order valence-electron chi connectivity index (χ2n) is 5.50. The highest BCUT2D eigenvalue weighted by Gasteiger charge is 2.37. The Morgan fingerprint density at radius 2 is 2.00 bits per heavy atom. The van der Waals surface area contributed by atoms with Gasteiger partial charge in [0.1, 0.15) is 0 Å². The molecule has 1 amide bonds. The molecule has 2 heterocycles. The van der Waals surface area contributed by atoms with E-state index in [0.717, 1.165) is 16.1 Å². The Hall–Kier alpha value is -2.66. The van der Waals surface area contributed by atoms with Gasteiger partial charge in [0, 0.05) is 16.3 Å². The Morgan fingerprint density at radius 3 is 2.62 bits per heavy atom. The minimum absolute atomic E-state index is 0.216. The molecule has 24 heavy (non-hydrogen) atoms. The summed E-state index contributed by atoms with van der Waals surface area (Å²) >= 11 is 1.51. The van der Waals surface area contributed by atoms with Gasteiger partial charge < -0.3 is 4.74 Å². The van der Waals surface area contributed by atoms with Crippen molar-refractivity contribution in [1.29, 1.82) is 0 Å². The van der Waals surface area contributed by atoms with Gasteiger partial charge in [0.05, 0.1) is 18.3 Å². The second kappa shape index (κ2) is 6.45. The number of hydrogen-bond donors (Lipinski definition) is 0. The largest absolute Gasteiger partial charge is 0.465 e. The summed E-state index contributed by atoms with van der Waals surface area (Å²) in [4.78, 5) is 27.7. The summed E-state index contributed by atoms with van der Waals surface area (Å²) in [6, 6.07) is 11.5. The Bertz CT molecular complexity index is 862. The molecule has 0 unspecified atom stereocenters. The summed E-state index contributed by atoms with van der Waals surface area (Å²) in [5, 5.41) is 1.93. The summed E-state index contributed by atoms with van der Waals surface area (Å²) in [5.41, 5.74) is 3.05. The smallest absolute Gasteiger partial charge is 0.340 e. The number of methoxy groups -OCH3 is 1. The van der Waals surface area contributed by atoms with E-state index < -0.39 is 5.97 Å². The predicted molar refractivity (Wildman–Crippen MR) is 95.7 cm³/mol. The van der Waals surface area contributed by atoms with E-state index in [1.165, 1.54) is 18.4 Å². The third-order valence-electron chi connectivity index (χ3n) is 3.88. The van der Waals surface area contributed by atoms with Crippen LogP contribution in [0.1, 0.15) is 17.4 Å².